The minimum absolute atomic E-state index is 0.112. The van der Waals surface area contributed by atoms with E-state index in [9.17, 15) is 4.79 Å². The number of aromatic amines is 1. The van der Waals surface area contributed by atoms with Crippen LogP contribution < -0.4 is 5.32 Å². The molecule has 0 saturated carbocycles. The Morgan fingerprint density at radius 2 is 1.90 bits per heavy atom. The van der Waals surface area contributed by atoms with Crippen LogP contribution in [0.5, 0.6) is 0 Å². The zero-order valence-corrected chi connectivity index (χ0v) is 11.4. The van der Waals surface area contributed by atoms with Crippen LogP contribution in [0.2, 0.25) is 0 Å². The maximum Gasteiger partial charge on any atom is 0.255 e. The number of aryl methyl sites for hydroxylation is 2. The van der Waals surface area contributed by atoms with Gasteiger partial charge in [0.1, 0.15) is 0 Å². The number of nitrogens with zero attached hydrogens (tertiary/aromatic N) is 1. The Bertz CT molecular complexity index is 769. The van der Waals surface area contributed by atoms with Crippen molar-refractivity contribution >= 4 is 22.5 Å². The predicted molar refractivity (Wildman–Crippen MR) is 80.0 cm³/mol. The third-order valence-corrected chi connectivity index (χ3v) is 3.42. The summed E-state index contributed by atoms with van der Waals surface area (Å²) in [6, 6.07) is 11.5. The van der Waals surface area contributed by atoms with Gasteiger partial charge in [-0.1, -0.05) is 24.3 Å². The Hall–Kier alpha value is -2.62. The van der Waals surface area contributed by atoms with Gasteiger partial charge in [0.15, 0.2) is 0 Å². The summed E-state index contributed by atoms with van der Waals surface area (Å²) in [5.74, 6) is -0.112. The fourth-order valence-corrected chi connectivity index (χ4v) is 2.28. The third-order valence-electron chi connectivity index (χ3n) is 3.42. The smallest absolute Gasteiger partial charge is 0.255 e. The largest absolute Gasteiger partial charge is 0.322 e. The van der Waals surface area contributed by atoms with E-state index in [2.05, 4.69) is 15.5 Å². The van der Waals surface area contributed by atoms with Crippen LogP contribution in [0.1, 0.15) is 21.5 Å². The number of benzene rings is 2. The molecule has 3 rings (SSSR count). The van der Waals surface area contributed by atoms with Crippen molar-refractivity contribution in [2.45, 2.75) is 13.8 Å². The first-order chi connectivity index (χ1) is 9.65. The molecule has 3 aromatic rings. The molecule has 0 fully saturated rings. The van der Waals surface area contributed by atoms with Gasteiger partial charge in [0.05, 0.1) is 11.7 Å². The molecule has 4 nitrogen and oxygen atoms in total. The lowest BCUT2D eigenvalue weighted by Gasteiger charge is -2.11. The molecule has 0 unspecified atom stereocenters. The van der Waals surface area contributed by atoms with Gasteiger partial charge in [-0.3, -0.25) is 9.89 Å². The molecular formula is C16H15N3O. The van der Waals surface area contributed by atoms with E-state index in [0.717, 1.165) is 27.7 Å². The third kappa shape index (κ3) is 2.16. The quantitative estimate of drug-likeness (QED) is 0.745. The molecule has 0 aliphatic heterocycles. The van der Waals surface area contributed by atoms with Crippen LogP contribution in [0, 0.1) is 13.8 Å². The molecule has 0 bridgehead atoms. The number of H-pyrrole nitrogens is 1. The number of carbonyl (C=O) groups is 1. The number of hydrogen-bond donors (Lipinski definition) is 2. The summed E-state index contributed by atoms with van der Waals surface area (Å²) >= 11 is 0. The molecule has 0 atom stereocenters. The number of nitrogens with one attached hydrogen (secondary N) is 2. The van der Waals surface area contributed by atoms with Crippen molar-refractivity contribution in [1.29, 1.82) is 0 Å². The van der Waals surface area contributed by atoms with Crippen LogP contribution in [0.3, 0.4) is 0 Å². The Labute approximate surface area is 116 Å². The van der Waals surface area contributed by atoms with Gasteiger partial charge in [0, 0.05) is 16.6 Å². The number of carbonyl (C=O) groups excluding carboxylic acids is 1. The molecule has 0 aliphatic carbocycles. The molecule has 0 radical (unpaired) electrons. The lowest BCUT2D eigenvalue weighted by Crippen LogP contribution is -2.13. The Balaban J connectivity index is 1.92. The van der Waals surface area contributed by atoms with E-state index in [0.29, 0.717) is 5.56 Å². The van der Waals surface area contributed by atoms with Crippen LogP contribution in [0.25, 0.3) is 10.9 Å². The number of anilines is 1. The summed E-state index contributed by atoms with van der Waals surface area (Å²) in [6.07, 6.45) is 1.74. The van der Waals surface area contributed by atoms with Crippen molar-refractivity contribution in [3.8, 4) is 0 Å². The van der Waals surface area contributed by atoms with Crippen LogP contribution in [0.4, 0.5) is 5.69 Å². The molecule has 100 valence electrons. The van der Waals surface area contributed by atoms with Gasteiger partial charge in [-0.25, -0.2) is 0 Å². The molecular weight excluding hydrogens is 250 g/mol. The average Bonchev–Trinajstić information content (AvgIpc) is 2.90. The van der Waals surface area contributed by atoms with Crippen molar-refractivity contribution in [2.24, 2.45) is 0 Å². The van der Waals surface area contributed by atoms with Gasteiger partial charge < -0.3 is 5.32 Å². The van der Waals surface area contributed by atoms with Gasteiger partial charge in [-0.05, 0) is 37.1 Å². The summed E-state index contributed by atoms with van der Waals surface area (Å²) in [6.45, 7) is 3.97. The van der Waals surface area contributed by atoms with Gasteiger partial charge in [0.25, 0.3) is 5.91 Å². The van der Waals surface area contributed by atoms with Crippen LogP contribution >= 0.6 is 0 Å². The van der Waals surface area contributed by atoms with Crippen molar-refractivity contribution < 1.29 is 4.79 Å². The summed E-state index contributed by atoms with van der Waals surface area (Å²) in [5, 5.41) is 10.8. The van der Waals surface area contributed by atoms with Crippen LogP contribution in [0.15, 0.2) is 42.6 Å². The second-order valence-electron chi connectivity index (χ2n) is 4.89. The van der Waals surface area contributed by atoms with Crippen LogP contribution in [-0.2, 0) is 0 Å². The first-order valence-corrected chi connectivity index (χ1v) is 6.46. The van der Waals surface area contributed by atoms with Gasteiger partial charge in [-0.2, -0.15) is 5.10 Å². The van der Waals surface area contributed by atoms with Crippen molar-refractivity contribution in [3.63, 3.8) is 0 Å². The molecule has 1 heterocycles. The molecule has 4 heteroatoms. The van der Waals surface area contributed by atoms with E-state index in [1.54, 1.807) is 12.3 Å². The topological polar surface area (TPSA) is 57.8 Å². The Morgan fingerprint density at radius 3 is 2.65 bits per heavy atom. The van der Waals surface area contributed by atoms with E-state index < -0.39 is 0 Å². The second kappa shape index (κ2) is 4.81. The molecule has 1 aromatic heterocycles. The van der Waals surface area contributed by atoms with E-state index >= 15 is 0 Å². The summed E-state index contributed by atoms with van der Waals surface area (Å²) in [5.41, 5.74) is 4.47. The van der Waals surface area contributed by atoms with Crippen molar-refractivity contribution in [1.82, 2.24) is 10.2 Å². The van der Waals surface area contributed by atoms with E-state index in [1.807, 2.05) is 44.2 Å². The minimum atomic E-state index is -0.112. The second-order valence-corrected chi connectivity index (χ2v) is 4.89. The number of amides is 1. The molecule has 2 N–H and O–H groups in total. The predicted octanol–water partition coefficient (Wildman–Crippen LogP) is 3.43. The van der Waals surface area contributed by atoms with Gasteiger partial charge in [-0.15, -0.1) is 0 Å². The molecule has 2 aromatic carbocycles. The lowest BCUT2D eigenvalue weighted by molar-refractivity contribution is 0.102. The highest BCUT2D eigenvalue weighted by atomic mass is 16.1. The summed E-state index contributed by atoms with van der Waals surface area (Å²) in [7, 11) is 0. The van der Waals surface area contributed by atoms with Crippen LogP contribution in [-0.4, -0.2) is 16.1 Å². The zero-order chi connectivity index (χ0) is 14.1. The minimum Gasteiger partial charge on any atom is -0.322 e. The summed E-state index contributed by atoms with van der Waals surface area (Å²) in [4.78, 5) is 12.3. The van der Waals surface area contributed by atoms with Crippen molar-refractivity contribution in [3.05, 3.63) is 59.3 Å². The van der Waals surface area contributed by atoms with E-state index in [4.69, 9.17) is 0 Å². The number of hydrogen-bond acceptors (Lipinski definition) is 2. The highest BCUT2D eigenvalue weighted by molar-refractivity contribution is 6.06. The molecule has 0 saturated heterocycles. The maximum absolute atomic E-state index is 12.3. The fraction of sp³-hybridized carbons (Fsp3) is 0.125. The maximum atomic E-state index is 12.3. The van der Waals surface area contributed by atoms with E-state index in [1.165, 1.54) is 0 Å². The molecule has 1 amide bonds. The first-order valence-electron chi connectivity index (χ1n) is 6.46. The highest BCUT2D eigenvalue weighted by Gasteiger charge is 2.10. The van der Waals surface area contributed by atoms with Gasteiger partial charge in [0.2, 0.25) is 0 Å². The number of para-hydroxylation sites is 1. The first kappa shape index (κ1) is 12.4. The lowest BCUT2D eigenvalue weighted by atomic mass is 10.1. The Kier molecular flexibility index (Phi) is 2.99. The fourth-order valence-electron chi connectivity index (χ4n) is 2.28. The average molecular weight is 265 g/mol. The van der Waals surface area contributed by atoms with E-state index in [-0.39, 0.29) is 5.91 Å². The Morgan fingerprint density at radius 1 is 1.15 bits per heavy atom. The molecule has 0 aliphatic rings. The monoisotopic (exact) mass is 265 g/mol. The SMILES string of the molecule is Cc1cccc(C)c1NC(=O)c1ccc2cn[nH]c2c1. The highest BCUT2D eigenvalue weighted by Crippen LogP contribution is 2.21. The van der Waals surface area contributed by atoms with Crippen molar-refractivity contribution in [2.75, 3.05) is 5.32 Å². The molecule has 20 heavy (non-hydrogen) atoms. The van der Waals surface area contributed by atoms with Gasteiger partial charge >= 0.3 is 0 Å². The zero-order valence-electron chi connectivity index (χ0n) is 11.4. The molecule has 0 spiro atoms. The number of rotatable bonds is 2. The normalized spacial score (nSPS) is 10.7. The number of aromatic nitrogens is 2. The standard InChI is InChI=1S/C16H15N3O/c1-10-4-3-5-11(2)15(10)18-16(20)12-6-7-13-9-17-19-14(13)8-12/h3-9H,1-2H3,(H,17,19)(H,18,20). The summed E-state index contributed by atoms with van der Waals surface area (Å²) < 4.78 is 0. The number of fused-ring (bicyclic) bond motifs is 1.